The molecule has 2 fully saturated rings. The maximum atomic E-state index is 12.6. The molecule has 1 amide bonds. The van der Waals surface area contributed by atoms with Gasteiger partial charge in [-0.3, -0.25) is 15.0 Å². The van der Waals surface area contributed by atoms with Crippen molar-refractivity contribution in [3.8, 4) is 17.4 Å². The summed E-state index contributed by atoms with van der Waals surface area (Å²) in [7, 11) is 0. The Morgan fingerprint density at radius 1 is 1.21 bits per heavy atom. The van der Waals surface area contributed by atoms with Crippen LogP contribution in [0.2, 0.25) is 0 Å². The zero-order chi connectivity index (χ0) is 19.7. The highest BCUT2D eigenvalue weighted by Crippen LogP contribution is 2.58. The first-order chi connectivity index (χ1) is 13.2. The number of aromatic nitrogens is 2. The smallest absolute Gasteiger partial charge is 0.251 e. The Bertz CT molecular complexity index is 967. The third-order valence-electron chi connectivity index (χ3n) is 5.66. The summed E-state index contributed by atoms with van der Waals surface area (Å²) in [5, 5.41) is 13.5. The molecule has 0 bridgehead atoms. The SMILES string of the molecule is CC1(C)NC(C)(O)N(c2cnc(Oc3cccc4c3C3(CC3)CO4)cn2)C1=O. The van der Waals surface area contributed by atoms with Crippen LogP contribution in [0.25, 0.3) is 0 Å². The number of carbonyl (C=O) groups is 1. The molecule has 2 aliphatic heterocycles. The second-order valence-electron chi connectivity index (χ2n) is 8.42. The first-order valence-corrected chi connectivity index (χ1v) is 9.35. The van der Waals surface area contributed by atoms with Gasteiger partial charge in [0.25, 0.3) is 5.91 Å². The Labute approximate surface area is 162 Å². The highest BCUT2D eigenvalue weighted by molar-refractivity contribution is 6.02. The summed E-state index contributed by atoms with van der Waals surface area (Å²) in [6.07, 6.45) is 5.08. The molecular formula is C20H22N4O4. The number of hydrogen-bond donors (Lipinski definition) is 2. The van der Waals surface area contributed by atoms with E-state index in [0.717, 1.165) is 29.9 Å². The first kappa shape index (κ1) is 17.4. The predicted octanol–water partition coefficient (Wildman–Crippen LogP) is 2.07. The summed E-state index contributed by atoms with van der Waals surface area (Å²) >= 11 is 0. The molecule has 1 aromatic heterocycles. The Hall–Kier alpha value is -2.71. The summed E-state index contributed by atoms with van der Waals surface area (Å²) in [6, 6.07) is 5.76. The number of hydrogen-bond acceptors (Lipinski definition) is 7. The van der Waals surface area contributed by atoms with Crippen molar-refractivity contribution in [3.05, 3.63) is 36.2 Å². The van der Waals surface area contributed by atoms with E-state index in [9.17, 15) is 9.90 Å². The molecule has 1 aromatic carbocycles. The first-order valence-electron chi connectivity index (χ1n) is 9.35. The fraction of sp³-hybridized carbons (Fsp3) is 0.450. The molecule has 1 aliphatic carbocycles. The van der Waals surface area contributed by atoms with Gasteiger partial charge in [0.1, 0.15) is 11.5 Å². The number of anilines is 1. The van der Waals surface area contributed by atoms with Crippen molar-refractivity contribution in [3.63, 3.8) is 0 Å². The van der Waals surface area contributed by atoms with Crippen molar-refractivity contribution >= 4 is 11.7 Å². The fourth-order valence-electron chi connectivity index (χ4n) is 4.17. The molecule has 1 unspecified atom stereocenters. The van der Waals surface area contributed by atoms with Crippen molar-refractivity contribution in [1.29, 1.82) is 0 Å². The molecule has 5 rings (SSSR count). The Morgan fingerprint density at radius 2 is 2.00 bits per heavy atom. The zero-order valence-electron chi connectivity index (χ0n) is 16.0. The normalized spacial score (nSPS) is 26.3. The predicted molar refractivity (Wildman–Crippen MR) is 100 cm³/mol. The highest BCUT2D eigenvalue weighted by Gasteiger charge is 2.53. The maximum absolute atomic E-state index is 12.6. The van der Waals surface area contributed by atoms with Gasteiger partial charge in [-0.25, -0.2) is 9.97 Å². The molecule has 1 spiro atoms. The van der Waals surface area contributed by atoms with E-state index in [4.69, 9.17) is 9.47 Å². The largest absolute Gasteiger partial charge is 0.492 e. The Morgan fingerprint density at radius 3 is 2.61 bits per heavy atom. The molecule has 1 atom stereocenters. The van der Waals surface area contributed by atoms with Gasteiger partial charge in [-0.1, -0.05) is 6.07 Å². The third kappa shape index (κ3) is 2.48. The molecule has 1 saturated heterocycles. The quantitative estimate of drug-likeness (QED) is 0.839. The lowest BCUT2D eigenvalue weighted by molar-refractivity contribution is -0.121. The minimum Gasteiger partial charge on any atom is -0.492 e. The van der Waals surface area contributed by atoms with Crippen LogP contribution in [0, 0.1) is 0 Å². The minimum absolute atomic E-state index is 0.0806. The van der Waals surface area contributed by atoms with Gasteiger partial charge in [-0.15, -0.1) is 0 Å². The number of amides is 1. The average molecular weight is 382 g/mol. The molecule has 28 heavy (non-hydrogen) atoms. The van der Waals surface area contributed by atoms with Gasteiger partial charge in [0, 0.05) is 11.0 Å². The minimum atomic E-state index is -1.55. The number of nitrogens with zero attached hydrogens (tertiary/aromatic N) is 3. The fourth-order valence-corrected chi connectivity index (χ4v) is 4.17. The summed E-state index contributed by atoms with van der Waals surface area (Å²) in [6.45, 7) is 5.62. The molecule has 3 aliphatic rings. The van der Waals surface area contributed by atoms with Crippen LogP contribution in [-0.2, 0) is 10.2 Å². The van der Waals surface area contributed by atoms with Crippen LogP contribution in [0.1, 0.15) is 39.2 Å². The lowest BCUT2D eigenvalue weighted by Gasteiger charge is -2.28. The van der Waals surface area contributed by atoms with Crippen molar-refractivity contribution < 1.29 is 19.4 Å². The third-order valence-corrected chi connectivity index (χ3v) is 5.66. The monoisotopic (exact) mass is 382 g/mol. The highest BCUT2D eigenvalue weighted by atomic mass is 16.5. The number of aliphatic hydroxyl groups is 1. The lowest BCUT2D eigenvalue weighted by atomic mass is 9.97. The van der Waals surface area contributed by atoms with E-state index in [-0.39, 0.29) is 17.1 Å². The molecule has 1 saturated carbocycles. The molecule has 0 radical (unpaired) electrons. The Balaban J connectivity index is 1.42. The van der Waals surface area contributed by atoms with Gasteiger partial charge in [0.05, 0.1) is 24.5 Å². The molecule has 8 heteroatoms. The number of rotatable bonds is 3. The molecule has 3 heterocycles. The van der Waals surface area contributed by atoms with Gasteiger partial charge in [-0.2, -0.15) is 0 Å². The van der Waals surface area contributed by atoms with Crippen LogP contribution in [0.15, 0.2) is 30.6 Å². The van der Waals surface area contributed by atoms with Crippen molar-refractivity contribution in [2.75, 3.05) is 11.5 Å². The van der Waals surface area contributed by atoms with Gasteiger partial charge < -0.3 is 14.6 Å². The molecular weight excluding hydrogens is 360 g/mol. The van der Waals surface area contributed by atoms with Gasteiger partial charge in [0.15, 0.2) is 5.82 Å². The second-order valence-corrected chi connectivity index (χ2v) is 8.42. The van der Waals surface area contributed by atoms with Gasteiger partial charge >= 0.3 is 0 Å². The van der Waals surface area contributed by atoms with E-state index in [2.05, 4.69) is 15.3 Å². The number of benzene rings is 1. The van der Waals surface area contributed by atoms with Gasteiger partial charge in [-0.05, 0) is 45.7 Å². The number of ether oxygens (including phenoxy) is 2. The number of fused-ring (bicyclic) bond motifs is 2. The van der Waals surface area contributed by atoms with Crippen LogP contribution in [-0.4, -0.2) is 39.0 Å². The molecule has 2 aromatic rings. The topological polar surface area (TPSA) is 96.8 Å². The summed E-state index contributed by atoms with van der Waals surface area (Å²) in [4.78, 5) is 22.4. The Kier molecular flexibility index (Phi) is 3.37. The van der Waals surface area contributed by atoms with Crippen LogP contribution in [0.4, 0.5) is 5.82 Å². The summed E-state index contributed by atoms with van der Waals surface area (Å²) in [5.41, 5.74) is 0.283. The lowest BCUT2D eigenvalue weighted by Crippen LogP contribution is -2.51. The van der Waals surface area contributed by atoms with E-state index < -0.39 is 11.4 Å². The van der Waals surface area contributed by atoms with E-state index in [1.165, 1.54) is 24.2 Å². The van der Waals surface area contributed by atoms with Crippen LogP contribution in [0.3, 0.4) is 0 Å². The number of carbonyl (C=O) groups excluding carboxylic acids is 1. The average Bonchev–Trinajstić information content (AvgIpc) is 3.26. The maximum Gasteiger partial charge on any atom is 0.251 e. The van der Waals surface area contributed by atoms with Gasteiger partial charge in [0.2, 0.25) is 11.7 Å². The molecule has 146 valence electrons. The van der Waals surface area contributed by atoms with Crippen LogP contribution >= 0.6 is 0 Å². The number of nitrogens with one attached hydrogen (secondary N) is 1. The zero-order valence-corrected chi connectivity index (χ0v) is 16.0. The summed E-state index contributed by atoms with van der Waals surface area (Å²) in [5.74, 6) is 0.328. The van der Waals surface area contributed by atoms with E-state index in [1.54, 1.807) is 13.8 Å². The van der Waals surface area contributed by atoms with E-state index in [1.807, 2.05) is 18.2 Å². The van der Waals surface area contributed by atoms with E-state index >= 15 is 0 Å². The van der Waals surface area contributed by atoms with Crippen LogP contribution in [0.5, 0.6) is 17.4 Å². The standard InChI is InChI=1S/C20H22N4O4/c1-18(2)17(25)24(19(3,26)23-18)14-9-22-15(10-21-14)28-13-6-4-5-12-16(13)20(7-8-20)11-27-12/h4-6,9-10,23,26H,7-8,11H2,1-3H3. The van der Waals surface area contributed by atoms with E-state index in [0.29, 0.717) is 12.5 Å². The van der Waals surface area contributed by atoms with Crippen molar-refractivity contribution in [2.24, 2.45) is 0 Å². The van der Waals surface area contributed by atoms with Crippen LogP contribution < -0.4 is 19.7 Å². The van der Waals surface area contributed by atoms with Crippen molar-refractivity contribution in [1.82, 2.24) is 15.3 Å². The van der Waals surface area contributed by atoms with Crippen molar-refractivity contribution in [2.45, 2.75) is 50.4 Å². The summed E-state index contributed by atoms with van der Waals surface area (Å²) < 4.78 is 11.8. The molecule has 8 nitrogen and oxygen atoms in total. The molecule has 2 N–H and O–H groups in total. The second kappa shape index (κ2) is 5.42.